The molecule has 2 atom stereocenters. The van der Waals surface area contributed by atoms with Gasteiger partial charge in [0, 0.05) is 30.6 Å². The molecule has 0 bridgehead atoms. The van der Waals surface area contributed by atoms with E-state index >= 15 is 0 Å². The molecule has 106 valence electrons. The third-order valence-corrected chi connectivity index (χ3v) is 5.37. The van der Waals surface area contributed by atoms with Crippen molar-refractivity contribution in [1.29, 1.82) is 0 Å². The first kappa shape index (κ1) is 16.1. The van der Waals surface area contributed by atoms with Crippen LogP contribution in [0.15, 0.2) is 0 Å². The Labute approximate surface area is 121 Å². The topological polar surface area (TPSA) is 32.3 Å². The number of hydrogen-bond acceptors (Lipinski definition) is 3. The van der Waals surface area contributed by atoms with E-state index in [1.165, 1.54) is 6.42 Å². The molecule has 2 fully saturated rings. The second kappa shape index (κ2) is 7.01. The van der Waals surface area contributed by atoms with Crippen molar-refractivity contribution in [3.63, 3.8) is 0 Å². The van der Waals surface area contributed by atoms with E-state index in [2.05, 4.69) is 24.1 Å². The van der Waals surface area contributed by atoms with Crippen molar-refractivity contribution in [3.8, 4) is 0 Å². The molecule has 18 heavy (non-hydrogen) atoms. The van der Waals surface area contributed by atoms with Crippen molar-refractivity contribution >= 4 is 30.1 Å². The normalized spacial score (nSPS) is 32.8. The highest BCUT2D eigenvalue weighted by atomic mass is 35.5. The Morgan fingerprint density at radius 1 is 1.56 bits per heavy atom. The third kappa shape index (κ3) is 3.55. The Hall–Kier alpha value is 0.0700. The maximum absolute atomic E-state index is 12.6. The summed E-state index contributed by atoms with van der Waals surface area (Å²) in [7, 11) is 0. The zero-order chi connectivity index (χ0) is 12.3. The molecular formula is C13H25ClN2OS. The van der Waals surface area contributed by atoms with E-state index < -0.39 is 0 Å². The van der Waals surface area contributed by atoms with Crippen LogP contribution in [0.5, 0.6) is 0 Å². The Bertz CT molecular complexity index is 282. The molecule has 3 nitrogen and oxygen atoms in total. The Kier molecular flexibility index (Phi) is 6.28. The third-order valence-electron chi connectivity index (χ3n) is 3.99. The van der Waals surface area contributed by atoms with Crippen LogP contribution >= 0.6 is 24.2 Å². The van der Waals surface area contributed by atoms with Crippen molar-refractivity contribution in [1.82, 2.24) is 10.2 Å². The zero-order valence-corrected chi connectivity index (χ0v) is 13.0. The summed E-state index contributed by atoms with van der Waals surface area (Å²) in [5.41, 5.74) is -0.154. The number of amides is 1. The Morgan fingerprint density at radius 3 is 2.94 bits per heavy atom. The van der Waals surface area contributed by atoms with Crippen LogP contribution in [-0.2, 0) is 4.79 Å². The van der Waals surface area contributed by atoms with Gasteiger partial charge in [0.05, 0.1) is 5.41 Å². The molecule has 2 unspecified atom stereocenters. The van der Waals surface area contributed by atoms with Gasteiger partial charge in [-0.15, -0.1) is 12.4 Å². The molecule has 0 aliphatic carbocycles. The molecule has 0 aromatic rings. The molecule has 2 aliphatic heterocycles. The number of rotatable bonds is 2. The van der Waals surface area contributed by atoms with Crippen molar-refractivity contribution in [2.45, 2.75) is 38.4 Å². The molecule has 0 aromatic carbocycles. The van der Waals surface area contributed by atoms with Gasteiger partial charge in [0.2, 0.25) is 5.91 Å². The highest BCUT2D eigenvalue weighted by Gasteiger charge is 2.38. The standard InChI is InChI=1S/C13H24N2OS.ClH/c1-3-11-9-15(7-8-17-11)12(16)13(2)5-4-6-14-10-13;/h11,14H,3-10H2,1-2H3;1H. The minimum atomic E-state index is -0.154. The van der Waals surface area contributed by atoms with Crippen LogP contribution in [0.2, 0.25) is 0 Å². The SMILES string of the molecule is CCC1CN(C(=O)C2(C)CCCNC2)CCS1.Cl. The molecule has 5 heteroatoms. The summed E-state index contributed by atoms with van der Waals surface area (Å²) in [5.74, 6) is 1.48. The van der Waals surface area contributed by atoms with Gasteiger partial charge in [-0.1, -0.05) is 6.92 Å². The van der Waals surface area contributed by atoms with Crippen LogP contribution in [-0.4, -0.2) is 48.0 Å². The fraction of sp³-hybridized carbons (Fsp3) is 0.923. The molecule has 1 N–H and O–H groups in total. The first-order valence-corrected chi connectivity index (χ1v) is 7.82. The van der Waals surface area contributed by atoms with Crippen LogP contribution in [0.3, 0.4) is 0 Å². The van der Waals surface area contributed by atoms with Crippen LogP contribution in [0, 0.1) is 5.41 Å². The van der Waals surface area contributed by atoms with Gasteiger partial charge in [0.1, 0.15) is 0 Å². The monoisotopic (exact) mass is 292 g/mol. The summed E-state index contributed by atoms with van der Waals surface area (Å²) in [6, 6.07) is 0. The highest BCUT2D eigenvalue weighted by molar-refractivity contribution is 8.00. The Balaban J connectivity index is 0.00000162. The van der Waals surface area contributed by atoms with Gasteiger partial charge in [-0.25, -0.2) is 0 Å². The molecule has 1 amide bonds. The lowest BCUT2D eigenvalue weighted by Crippen LogP contribution is -2.53. The fourth-order valence-electron chi connectivity index (χ4n) is 2.77. The Morgan fingerprint density at radius 2 is 2.33 bits per heavy atom. The van der Waals surface area contributed by atoms with Crippen LogP contribution in [0.4, 0.5) is 0 Å². The number of halogens is 1. The van der Waals surface area contributed by atoms with Gasteiger partial charge in [-0.05, 0) is 32.7 Å². The molecule has 2 rings (SSSR count). The summed E-state index contributed by atoms with van der Waals surface area (Å²) >= 11 is 2.02. The second-order valence-corrected chi connectivity index (χ2v) is 6.90. The van der Waals surface area contributed by atoms with Gasteiger partial charge in [0.25, 0.3) is 0 Å². The lowest BCUT2D eigenvalue weighted by molar-refractivity contribution is -0.142. The maximum atomic E-state index is 12.6. The van der Waals surface area contributed by atoms with E-state index in [-0.39, 0.29) is 17.8 Å². The van der Waals surface area contributed by atoms with E-state index in [4.69, 9.17) is 0 Å². The quantitative estimate of drug-likeness (QED) is 0.846. The van der Waals surface area contributed by atoms with E-state index in [0.717, 1.165) is 44.8 Å². The van der Waals surface area contributed by atoms with Crippen LogP contribution in [0.1, 0.15) is 33.1 Å². The number of nitrogens with one attached hydrogen (secondary N) is 1. The molecule has 0 aromatic heterocycles. The molecule has 0 saturated carbocycles. The minimum absolute atomic E-state index is 0. The van der Waals surface area contributed by atoms with Crippen LogP contribution in [0.25, 0.3) is 0 Å². The molecule has 2 saturated heterocycles. The van der Waals surface area contributed by atoms with E-state index in [9.17, 15) is 4.79 Å². The average molecular weight is 293 g/mol. The van der Waals surface area contributed by atoms with Gasteiger partial charge < -0.3 is 10.2 Å². The maximum Gasteiger partial charge on any atom is 0.229 e. The predicted octanol–water partition coefficient (Wildman–Crippen LogP) is 2.15. The second-order valence-electron chi connectivity index (χ2n) is 5.49. The molecule has 2 heterocycles. The summed E-state index contributed by atoms with van der Waals surface area (Å²) in [6.45, 7) is 8.16. The van der Waals surface area contributed by atoms with Gasteiger partial charge in [-0.3, -0.25) is 4.79 Å². The average Bonchev–Trinajstić information content (AvgIpc) is 2.39. The number of carbonyl (C=O) groups excluding carboxylic acids is 1. The first-order valence-electron chi connectivity index (χ1n) is 6.77. The van der Waals surface area contributed by atoms with Gasteiger partial charge in [0.15, 0.2) is 0 Å². The summed E-state index contributed by atoms with van der Waals surface area (Å²) in [4.78, 5) is 14.7. The van der Waals surface area contributed by atoms with Crippen molar-refractivity contribution in [2.24, 2.45) is 5.41 Å². The number of carbonyl (C=O) groups is 1. The lowest BCUT2D eigenvalue weighted by Gasteiger charge is -2.40. The predicted molar refractivity (Wildman–Crippen MR) is 80.6 cm³/mol. The van der Waals surface area contributed by atoms with Gasteiger partial charge in [-0.2, -0.15) is 11.8 Å². The molecule has 2 aliphatic rings. The first-order chi connectivity index (χ1) is 8.15. The van der Waals surface area contributed by atoms with Crippen molar-refractivity contribution in [3.05, 3.63) is 0 Å². The van der Waals surface area contributed by atoms with Crippen molar-refractivity contribution in [2.75, 3.05) is 31.9 Å². The number of thioether (sulfide) groups is 1. The summed E-state index contributed by atoms with van der Waals surface area (Å²) in [5, 5.41) is 4.01. The minimum Gasteiger partial charge on any atom is -0.340 e. The largest absolute Gasteiger partial charge is 0.340 e. The summed E-state index contributed by atoms with van der Waals surface area (Å²) < 4.78 is 0. The van der Waals surface area contributed by atoms with E-state index in [0.29, 0.717) is 11.2 Å². The lowest BCUT2D eigenvalue weighted by atomic mass is 9.81. The number of nitrogens with zero attached hydrogens (tertiary/aromatic N) is 1. The molecule has 0 radical (unpaired) electrons. The smallest absolute Gasteiger partial charge is 0.229 e. The number of hydrogen-bond donors (Lipinski definition) is 1. The molecule has 0 spiro atoms. The van der Waals surface area contributed by atoms with E-state index in [1.807, 2.05) is 11.8 Å². The zero-order valence-electron chi connectivity index (χ0n) is 11.4. The van der Waals surface area contributed by atoms with Crippen molar-refractivity contribution < 1.29 is 4.79 Å². The van der Waals surface area contributed by atoms with Crippen LogP contribution < -0.4 is 5.32 Å². The fourth-order valence-corrected chi connectivity index (χ4v) is 3.95. The summed E-state index contributed by atoms with van der Waals surface area (Å²) in [6.07, 6.45) is 3.34. The van der Waals surface area contributed by atoms with E-state index in [1.54, 1.807) is 0 Å². The van der Waals surface area contributed by atoms with Gasteiger partial charge >= 0.3 is 0 Å². The molecular weight excluding hydrogens is 268 g/mol. The highest BCUT2D eigenvalue weighted by Crippen LogP contribution is 2.30. The number of piperidine rings is 1.